The zero-order chi connectivity index (χ0) is 13.5. The lowest BCUT2D eigenvalue weighted by Crippen LogP contribution is -2.49. The van der Waals surface area contributed by atoms with Gasteiger partial charge in [0, 0.05) is 13.0 Å². The maximum Gasteiger partial charge on any atom is 0.332 e. The Bertz CT molecular complexity index is 297. The molecule has 18 heavy (non-hydrogen) atoms. The van der Waals surface area contributed by atoms with Crippen molar-refractivity contribution in [2.75, 3.05) is 6.54 Å². The summed E-state index contributed by atoms with van der Waals surface area (Å²) in [4.78, 5) is 21.8. The fourth-order valence-electron chi connectivity index (χ4n) is 1.94. The summed E-state index contributed by atoms with van der Waals surface area (Å²) in [6, 6.07) is -0.693. The molecular formula is C11H20N2O5. The Morgan fingerprint density at radius 1 is 1.28 bits per heavy atom. The number of carboxylic acids is 1. The van der Waals surface area contributed by atoms with Crippen LogP contribution in [0.4, 0.5) is 4.79 Å². The number of rotatable bonds is 5. The third kappa shape index (κ3) is 4.89. The van der Waals surface area contributed by atoms with Crippen molar-refractivity contribution in [1.82, 2.24) is 10.6 Å². The molecule has 3 unspecified atom stereocenters. The molecule has 0 radical (unpaired) electrons. The lowest BCUT2D eigenvalue weighted by atomic mass is 9.93. The number of aliphatic hydroxyl groups is 2. The molecule has 7 heteroatoms. The second-order valence-corrected chi connectivity index (χ2v) is 4.50. The van der Waals surface area contributed by atoms with Gasteiger partial charge in [0.25, 0.3) is 0 Å². The van der Waals surface area contributed by atoms with E-state index in [0.717, 1.165) is 19.3 Å². The fraction of sp³-hybridized carbons (Fsp3) is 0.818. The molecule has 104 valence electrons. The summed E-state index contributed by atoms with van der Waals surface area (Å²) in [5, 5.41) is 32.2. The summed E-state index contributed by atoms with van der Waals surface area (Å²) in [7, 11) is 0. The molecule has 0 heterocycles. The van der Waals surface area contributed by atoms with E-state index >= 15 is 0 Å². The van der Waals surface area contributed by atoms with E-state index < -0.39 is 24.2 Å². The first-order valence-corrected chi connectivity index (χ1v) is 6.14. The van der Waals surface area contributed by atoms with Crippen molar-refractivity contribution in [3.8, 4) is 0 Å². The average Bonchev–Trinajstić information content (AvgIpc) is 2.32. The summed E-state index contributed by atoms with van der Waals surface area (Å²) in [6.45, 7) is 0.0715. The zero-order valence-corrected chi connectivity index (χ0v) is 10.1. The third-order valence-electron chi connectivity index (χ3n) is 3.03. The van der Waals surface area contributed by atoms with E-state index in [0.29, 0.717) is 6.42 Å². The molecule has 2 amide bonds. The summed E-state index contributed by atoms with van der Waals surface area (Å²) in [5.74, 6) is -1.31. The number of carboxylic acid groups (broad SMARTS) is 1. The summed E-state index contributed by atoms with van der Waals surface area (Å²) < 4.78 is 0. The normalized spacial score (nSPS) is 25.2. The highest BCUT2D eigenvalue weighted by atomic mass is 16.4. The molecule has 1 aliphatic carbocycles. The van der Waals surface area contributed by atoms with Crippen molar-refractivity contribution >= 4 is 12.0 Å². The average molecular weight is 260 g/mol. The predicted octanol–water partition coefficient (Wildman–Crippen LogP) is -0.575. The highest BCUT2D eigenvalue weighted by Crippen LogP contribution is 2.18. The van der Waals surface area contributed by atoms with Gasteiger partial charge in [0.15, 0.2) is 6.10 Å². The first-order valence-electron chi connectivity index (χ1n) is 6.14. The molecule has 7 nitrogen and oxygen atoms in total. The highest BCUT2D eigenvalue weighted by Gasteiger charge is 2.24. The zero-order valence-electron chi connectivity index (χ0n) is 10.1. The molecule has 5 N–H and O–H groups in total. The predicted molar refractivity (Wildman–Crippen MR) is 63.1 cm³/mol. The first kappa shape index (κ1) is 14.7. The molecule has 1 aliphatic rings. The van der Waals surface area contributed by atoms with Crippen molar-refractivity contribution in [1.29, 1.82) is 0 Å². The maximum absolute atomic E-state index is 11.4. The molecule has 1 saturated carbocycles. The van der Waals surface area contributed by atoms with Crippen LogP contribution in [0.1, 0.15) is 32.1 Å². The Hall–Kier alpha value is -1.34. The van der Waals surface area contributed by atoms with Crippen LogP contribution in [0.2, 0.25) is 0 Å². The number of aliphatic carboxylic acids is 1. The molecule has 0 aromatic heterocycles. The summed E-state index contributed by atoms with van der Waals surface area (Å²) >= 11 is 0. The van der Waals surface area contributed by atoms with Gasteiger partial charge in [-0.15, -0.1) is 0 Å². The van der Waals surface area contributed by atoms with Gasteiger partial charge < -0.3 is 26.0 Å². The van der Waals surface area contributed by atoms with Gasteiger partial charge in [0.05, 0.1) is 12.1 Å². The van der Waals surface area contributed by atoms with Crippen LogP contribution in [-0.4, -0.2) is 52.1 Å². The minimum absolute atomic E-state index is 0.0457. The molecule has 0 aromatic carbocycles. The lowest BCUT2D eigenvalue weighted by molar-refractivity contribution is -0.146. The van der Waals surface area contributed by atoms with Gasteiger partial charge in [-0.2, -0.15) is 0 Å². The van der Waals surface area contributed by atoms with E-state index in [1.165, 1.54) is 0 Å². The second kappa shape index (κ2) is 7.17. The largest absolute Gasteiger partial charge is 0.479 e. The molecule has 0 bridgehead atoms. The summed E-state index contributed by atoms with van der Waals surface area (Å²) in [5.41, 5.74) is 0. The number of hydrogen-bond acceptors (Lipinski definition) is 4. The van der Waals surface area contributed by atoms with E-state index in [-0.39, 0.29) is 19.0 Å². The van der Waals surface area contributed by atoms with Gasteiger partial charge in [-0.1, -0.05) is 12.8 Å². The quantitative estimate of drug-likeness (QED) is 0.453. The van der Waals surface area contributed by atoms with E-state index in [1.54, 1.807) is 0 Å². The van der Waals surface area contributed by atoms with Gasteiger partial charge in [-0.25, -0.2) is 9.59 Å². The Morgan fingerprint density at radius 3 is 2.56 bits per heavy atom. The van der Waals surface area contributed by atoms with Crippen molar-refractivity contribution in [2.45, 2.75) is 50.4 Å². The number of carbonyl (C=O) groups excluding carboxylic acids is 1. The van der Waals surface area contributed by atoms with Crippen molar-refractivity contribution in [3.63, 3.8) is 0 Å². The Labute approximate surface area is 105 Å². The van der Waals surface area contributed by atoms with Crippen LogP contribution < -0.4 is 10.6 Å². The van der Waals surface area contributed by atoms with Crippen LogP contribution in [0.5, 0.6) is 0 Å². The van der Waals surface area contributed by atoms with Gasteiger partial charge in [-0.3, -0.25) is 0 Å². The Balaban J connectivity index is 2.19. The van der Waals surface area contributed by atoms with Crippen LogP contribution in [0.25, 0.3) is 0 Å². The molecule has 1 fully saturated rings. The second-order valence-electron chi connectivity index (χ2n) is 4.50. The van der Waals surface area contributed by atoms with Crippen LogP contribution >= 0.6 is 0 Å². The van der Waals surface area contributed by atoms with Gasteiger partial charge >= 0.3 is 12.0 Å². The summed E-state index contributed by atoms with van der Waals surface area (Å²) in [6.07, 6.45) is 1.33. The highest BCUT2D eigenvalue weighted by molar-refractivity contribution is 5.74. The van der Waals surface area contributed by atoms with Crippen LogP contribution in [-0.2, 0) is 4.79 Å². The van der Waals surface area contributed by atoms with Gasteiger partial charge in [-0.05, 0) is 12.8 Å². The smallest absolute Gasteiger partial charge is 0.332 e. The van der Waals surface area contributed by atoms with Crippen molar-refractivity contribution in [2.24, 2.45) is 0 Å². The maximum atomic E-state index is 11.4. The van der Waals surface area contributed by atoms with Crippen molar-refractivity contribution in [3.05, 3.63) is 0 Å². The number of carbonyl (C=O) groups is 2. The number of urea groups is 1. The standard InChI is InChI=1S/C11H20N2O5/c14-8-4-2-1-3-7(8)13-11(18)12-6-5-9(15)10(16)17/h7-9,14-15H,1-6H2,(H,16,17)(H2,12,13,18). The molecular weight excluding hydrogens is 240 g/mol. The minimum Gasteiger partial charge on any atom is -0.479 e. The Kier molecular flexibility index (Phi) is 5.87. The third-order valence-corrected chi connectivity index (χ3v) is 3.03. The van der Waals surface area contributed by atoms with Gasteiger partial charge in [0.2, 0.25) is 0 Å². The Morgan fingerprint density at radius 2 is 1.94 bits per heavy atom. The lowest BCUT2D eigenvalue weighted by Gasteiger charge is -2.28. The number of aliphatic hydroxyl groups excluding tert-OH is 2. The molecule has 0 aromatic rings. The van der Waals surface area contributed by atoms with Crippen LogP contribution in [0.3, 0.4) is 0 Å². The van der Waals surface area contributed by atoms with Gasteiger partial charge in [0.1, 0.15) is 0 Å². The van der Waals surface area contributed by atoms with Crippen LogP contribution in [0.15, 0.2) is 0 Å². The number of amides is 2. The van der Waals surface area contributed by atoms with E-state index in [9.17, 15) is 14.7 Å². The fourth-order valence-corrected chi connectivity index (χ4v) is 1.94. The van der Waals surface area contributed by atoms with E-state index in [1.807, 2.05) is 0 Å². The molecule has 3 atom stereocenters. The molecule has 0 saturated heterocycles. The minimum atomic E-state index is -1.47. The first-order chi connectivity index (χ1) is 8.50. The topological polar surface area (TPSA) is 119 Å². The molecule has 0 spiro atoms. The molecule has 0 aliphatic heterocycles. The number of hydrogen-bond donors (Lipinski definition) is 5. The SMILES string of the molecule is O=C(NCCC(O)C(=O)O)NC1CCCCC1O. The van der Waals surface area contributed by atoms with Crippen molar-refractivity contribution < 1.29 is 24.9 Å². The van der Waals surface area contributed by atoms with E-state index in [4.69, 9.17) is 10.2 Å². The monoisotopic (exact) mass is 260 g/mol. The van der Waals surface area contributed by atoms with Crippen LogP contribution in [0, 0.1) is 0 Å². The number of nitrogens with one attached hydrogen (secondary N) is 2. The van der Waals surface area contributed by atoms with E-state index in [2.05, 4.69) is 10.6 Å². The molecule has 1 rings (SSSR count).